The van der Waals surface area contributed by atoms with Crippen LogP contribution in [0.15, 0.2) is 48.7 Å². The smallest absolute Gasteiger partial charge is 0.306 e. The number of carbonyl (C=O) groups is 2. The Kier molecular flexibility index (Phi) is 4.78. The molecule has 0 radical (unpaired) electrons. The number of Topliss-reactive ketones (excluding diaryl/α,β-unsaturated/α-hetero) is 1. The summed E-state index contributed by atoms with van der Waals surface area (Å²) >= 11 is 0. The number of nitrogens with one attached hydrogen (secondary N) is 1. The lowest BCUT2D eigenvalue weighted by atomic mass is 10.1. The van der Waals surface area contributed by atoms with Crippen LogP contribution in [0.1, 0.15) is 22.3 Å². The van der Waals surface area contributed by atoms with Crippen molar-refractivity contribution in [3.63, 3.8) is 0 Å². The minimum Gasteiger partial charge on any atom is -0.486 e. The molecule has 0 spiro atoms. The molecule has 27 heavy (non-hydrogen) atoms. The summed E-state index contributed by atoms with van der Waals surface area (Å²) in [4.78, 5) is 27.5. The maximum Gasteiger partial charge on any atom is 0.306 e. The van der Waals surface area contributed by atoms with Gasteiger partial charge in [-0.15, -0.1) is 0 Å². The molecule has 0 amide bonds. The summed E-state index contributed by atoms with van der Waals surface area (Å²) in [5.41, 5.74) is 2.53. The third-order valence-electron chi connectivity index (χ3n) is 4.50. The summed E-state index contributed by atoms with van der Waals surface area (Å²) in [5, 5.41) is 1.10. The van der Waals surface area contributed by atoms with Gasteiger partial charge in [-0.2, -0.15) is 0 Å². The Morgan fingerprint density at radius 1 is 1.04 bits per heavy atom. The molecule has 0 fully saturated rings. The maximum absolute atomic E-state index is 12.3. The van der Waals surface area contributed by atoms with E-state index >= 15 is 0 Å². The van der Waals surface area contributed by atoms with Crippen LogP contribution in [0, 0.1) is 0 Å². The second-order valence-corrected chi connectivity index (χ2v) is 6.30. The van der Waals surface area contributed by atoms with Gasteiger partial charge >= 0.3 is 5.97 Å². The maximum atomic E-state index is 12.3. The second-order valence-electron chi connectivity index (χ2n) is 6.30. The largest absolute Gasteiger partial charge is 0.486 e. The van der Waals surface area contributed by atoms with E-state index in [0.717, 1.165) is 16.5 Å². The van der Waals surface area contributed by atoms with Gasteiger partial charge in [-0.05, 0) is 36.2 Å². The van der Waals surface area contributed by atoms with Crippen molar-refractivity contribution in [1.29, 1.82) is 0 Å². The summed E-state index contributed by atoms with van der Waals surface area (Å²) in [6, 6.07) is 12.9. The zero-order valence-electron chi connectivity index (χ0n) is 14.7. The molecule has 0 aliphatic carbocycles. The van der Waals surface area contributed by atoms with E-state index in [9.17, 15) is 9.59 Å². The fourth-order valence-electron chi connectivity index (χ4n) is 3.09. The van der Waals surface area contributed by atoms with Gasteiger partial charge in [0.05, 0.1) is 0 Å². The van der Waals surface area contributed by atoms with Crippen LogP contribution in [0.4, 0.5) is 0 Å². The Hall–Kier alpha value is -3.28. The van der Waals surface area contributed by atoms with E-state index in [2.05, 4.69) is 4.98 Å². The predicted octanol–water partition coefficient (Wildman–Crippen LogP) is 3.30. The first-order valence-electron chi connectivity index (χ1n) is 8.84. The number of benzene rings is 2. The molecule has 0 saturated heterocycles. The predicted molar refractivity (Wildman–Crippen MR) is 99.3 cm³/mol. The minimum absolute atomic E-state index is 0.219. The van der Waals surface area contributed by atoms with Crippen LogP contribution < -0.4 is 9.47 Å². The van der Waals surface area contributed by atoms with Crippen molar-refractivity contribution in [3.05, 3.63) is 59.8 Å². The van der Waals surface area contributed by atoms with Crippen molar-refractivity contribution in [1.82, 2.24) is 4.98 Å². The molecule has 6 nitrogen and oxygen atoms in total. The Morgan fingerprint density at radius 3 is 2.74 bits per heavy atom. The quantitative estimate of drug-likeness (QED) is 0.536. The van der Waals surface area contributed by atoms with Crippen LogP contribution in [0.25, 0.3) is 10.9 Å². The molecule has 1 aromatic heterocycles. The molecule has 138 valence electrons. The topological polar surface area (TPSA) is 77.6 Å². The van der Waals surface area contributed by atoms with Crippen LogP contribution in [-0.4, -0.2) is 36.6 Å². The molecular weight excluding hydrogens is 346 g/mol. The highest BCUT2D eigenvalue weighted by molar-refractivity contribution is 5.98. The third kappa shape index (κ3) is 3.79. The van der Waals surface area contributed by atoms with Crippen molar-refractivity contribution in [2.24, 2.45) is 0 Å². The average molecular weight is 365 g/mol. The fourth-order valence-corrected chi connectivity index (χ4v) is 3.09. The zero-order valence-corrected chi connectivity index (χ0v) is 14.7. The molecule has 6 heteroatoms. The number of ketones is 1. The Morgan fingerprint density at radius 2 is 1.85 bits per heavy atom. The Bertz CT molecular complexity index is 991. The number of rotatable bonds is 6. The van der Waals surface area contributed by atoms with Crippen LogP contribution in [-0.2, 0) is 16.0 Å². The highest BCUT2D eigenvalue weighted by atomic mass is 16.6. The van der Waals surface area contributed by atoms with Gasteiger partial charge in [0, 0.05) is 29.1 Å². The van der Waals surface area contributed by atoms with Gasteiger partial charge in [0.25, 0.3) is 0 Å². The van der Waals surface area contributed by atoms with E-state index in [4.69, 9.17) is 14.2 Å². The standard InChI is InChI=1S/C21H19NO5/c23-18(14-5-7-19-20(11-14)26-10-9-25-19)13-27-21(24)8-6-15-12-22-17-4-2-1-3-16(15)17/h1-5,7,11-12,22H,6,8-10,13H2. The highest BCUT2D eigenvalue weighted by Gasteiger charge is 2.16. The van der Waals surface area contributed by atoms with E-state index in [1.165, 1.54) is 0 Å². The Balaban J connectivity index is 1.30. The summed E-state index contributed by atoms with van der Waals surface area (Å²) in [7, 11) is 0. The summed E-state index contributed by atoms with van der Waals surface area (Å²) in [6.45, 7) is 0.661. The fraction of sp³-hybridized carbons (Fsp3) is 0.238. The summed E-state index contributed by atoms with van der Waals surface area (Å²) in [6.07, 6.45) is 2.68. The van der Waals surface area contributed by atoms with Crippen LogP contribution in [0.5, 0.6) is 11.5 Å². The molecule has 1 N–H and O–H groups in total. The molecule has 1 aliphatic rings. The molecule has 1 aliphatic heterocycles. The minimum atomic E-state index is -0.397. The SMILES string of the molecule is O=C(CCc1c[nH]c2ccccc12)OCC(=O)c1ccc2c(c1)OCCO2. The second kappa shape index (κ2) is 7.53. The van der Waals surface area contributed by atoms with Crippen LogP contribution in [0.2, 0.25) is 0 Å². The van der Waals surface area contributed by atoms with Crippen LogP contribution in [0.3, 0.4) is 0 Å². The molecule has 0 bridgehead atoms. The van der Waals surface area contributed by atoms with Crippen molar-refractivity contribution in [2.45, 2.75) is 12.8 Å². The van der Waals surface area contributed by atoms with E-state index in [1.807, 2.05) is 30.5 Å². The van der Waals surface area contributed by atoms with Gasteiger partial charge in [0.2, 0.25) is 0 Å². The van der Waals surface area contributed by atoms with E-state index < -0.39 is 5.97 Å². The summed E-state index contributed by atoms with van der Waals surface area (Å²) < 4.78 is 16.0. The lowest BCUT2D eigenvalue weighted by Gasteiger charge is -2.18. The van der Waals surface area contributed by atoms with Crippen molar-refractivity contribution in [3.8, 4) is 11.5 Å². The van der Waals surface area contributed by atoms with E-state index in [-0.39, 0.29) is 18.8 Å². The zero-order chi connectivity index (χ0) is 18.6. The number of fused-ring (bicyclic) bond motifs is 2. The van der Waals surface area contributed by atoms with Gasteiger partial charge in [-0.25, -0.2) is 0 Å². The normalized spacial score (nSPS) is 12.7. The van der Waals surface area contributed by atoms with Gasteiger partial charge in [-0.3, -0.25) is 9.59 Å². The number of aryl methyl sites for hydroxylation is 1. The van der Waals surface area contributed by atoms with Crippen molar-refractivity contribution >= 4 is 22.7 Å². The number of esters is 1. The summed E-state index contributed by atoms with van der Waals surface area (Å²) in [5.74, 6) is 0.491. The molecule has 0 saturated carbocycles. The molecule has 0 atom stereocenters. The van der Waals surface area contributed by atoms with Crippen molar-refractivity contribution < 1.29 is 23.8 Å². The monoisotopic (exact) mass is 365 g/mol. The van der Waals surface area contributed by atoms with Gasteiger partial charge < -0.3 is 19.2 Å². The van der Waals surface area contributed by atoms with Crippen LogP contribution >= 0.6 is 0 Å². The lowest BCUT2D eigenvalue weighted by molar-refractivity contribution is -0.142. The molecule has 2 heterocycles. The lowest BCUT2D eigenvalue weighted by Crippen LogP contribution is -2.17. The molecular formula is C21H19NO5. The third-order valence-corrected chi connectivity index (χ3v) is 4.50. The molecule has 0 unspecified atom stereocenters. The Labute approximate surface area is 156 Å². The van der Waals surface area contributed by atoms with Gasteiger partial charge in [0.1, 0.15) is 13.2 Å². The first-order valence-corrected chi connectivity index (χ1v) is 8.84. The number of para-hydroxylation sites is 1. The number of aromatic nitrogens is 1. The number of carbonyl (C=O) groups excluding carboxylic acids is 2. The molecule has 3 aromatic rings. The van der Waals surface area contributed by atoms with Gasteiger partial charge in [-0.1, -0.05) is 18.2 Å². The van der Waals surface area contributed by atoms with E-state index in [1.54, 1.807) is 18.2 Å². The highest BCUT2D eigenvalue weighted by Crippen LogP contribution is 2.30. The van der Waals surface area contributed by atoms with E-state index in [0.29, 0.717) is 36.7 Å². The first-order chi connectivity index (χ1) is 13.2. The number of ether oxygens (including phenoxy) is 3. The molecule has 4 rings (SSSR count). The number of aromatic amines is 1. The molecule has 2 aromatic carbocycles. The number of hydrogen-bond donors (Lipinski definition) is 1. The van der Waals surface area contributed by atoms with Crippen molar-refractivity contribution in [2.75, 3.05) is 19.8 Å². The number of H-pyrrole nitrogens is 1. The number of hydrogen-bond acceptors (Lipinski definition) is 5. The first kappa shape index (κ1) is 17.1. The van der Waals surface area contributed by atoms with Gasteiger partial charge in [0.15, 0.2) is 23.9 Å². The average Bonchev–Trinajstić information content (AvgIpc) is 3.13.